The van der Waals surface area contributed by atoms with Gasteiger partial charge in [0, 0.05) is 6.04 Å². The van der Waals surface area contributed by atoms with E-state index in [2.05, 4.69) is 11.5 Å². The van der Waals surface area contributed by atoms with Gasteiger partial charge in [-0.1, -0.05) is 0 Å². The van der Waals surface area contributed by atoms with Crippen molar-refractivity contribution in [1.29, 1.82) is 5.26 Å². The summed E-state index contributed by atoms with van der Waals surface area (Å²) >= 11 is 0. The Bertz CT molecular complexity index is 461. The van der Waals surface area contributed by atoms with Gasteiger partial charge >= 0.3 is 0 Å². The fourth-order valence-electron chi connectivity index (χ4n) is 1.61. The Morgan fingerprint density at radius 3 is 2.94 bits per heavy atom. The third-order valence-corrected chi connectivity index (χ3v) is 2.89. The van der Waals surface area contributed by atoms with Crippen LogP contribution in [0.2, 0.25) is 0 Å². The molecule has 0 fully saturated rings. The molecule has 1 aromatic heterocycles. The van der Waals surface area contributed by atoms with Gasteiger partial charge in [0.2, 0.25) is 0 Å². The predicted molar refractivity (Wildman–Crippen MR) is 66.3 cm³/mol. The molecule has 18 heavy (non-hydrogen) atoms. The number of carbonyl (C=O) groups is 1. The van der Waals surface area contributed by atoms with Crippen LogP contribution < -0.4 is 11.3 Å². The third-order valence-electron chi connectivity index (χ3n) is 2.89. The molecular formula is C12H18N4O2. The first-order valence-electron chi connectivity index (χ1n) is 5.67. The Kier molecular flexibility index (Phi) is 4.89. The first-order chi connectivity index (χ1) is 8.49. The van der Waals surface area contributed by atoms with E-state index >= 15 is 0 Å². The zero-order valence-electron chi connectivity index (χ0n) is 10.9. The molecule has 0 aromatic carbocycles. The van der Waals surface area contributed by atoms with Crippen molar-refractivity contribution in [1.82, 2.24) is 10.3 Å². The second-order valence-corrected chi connectivity index (χ2v) is 4.28. The van der Waals surface area contributed by atoms with Gasteiger partial charge in [0.05, 0.1) is 24.6 Å². The van der Waals surface area contributed by atoms with E-state index < -0.39 is 0 Å². The molecule has 0 bridgehead atoms. The number of amides is 1. The maximum Gasteiger partial charge on any atom is 0.268 e. The van der Waals surface area contributed by atoms with E-state index in [-0.39, 0.29) is 11.9 Å². The number of nitrogens with two attached hydrogens (primary N) is 1. The van der Waals surface area contributed by atoms with Gasteiger partial charge in [-0.3, -0.25) is 15.1 Å². The monoisotopic (exact) mass is 250 g/mol. The van der Waals surface area contributed by atoms with E-state index in [9.17, 15) is 4.79 Å². The lowest BCUT2D eigenvalue weighted by molar-refractivity contribution is 0.0952. The number of hydrogen-bond acceptors (Lipinski definition) is 5. The summed E-state index contributed by atoms with van der Waals surface area (Å²) in [4.78, 5) is 13.4. The number of hydrogen-bond donors (Lipinski definition) is 2. The maximum atomic E-state index is 11.4. The van der Waals surface area contributed by atoms with Crippen LogP contribution in [-0.2, 0) is 6.54 Å². The second kappa shape index (κ2) is 6.19. The van der Waals surface area contributed by atoms with Crippen LogP contribution >= 0.6 is 0 Å². The van der Waals surface area contributed by atoms with Crippen LogP contribution in [0.3, 0.4) is 0 Å². The number of carbonyl (C=O) groups excluding carboxylic acids is 1. The fourth-order valence-corrected chi connectivity index (χ4v) is 1.61. The largest absolute Gasteiger partial charge is 0.464 e. The van der Waals surface area contributed by atoms with Gasteiger partial charge in [-0.15, -0.1) is 0 Å². The molecule has 0 spiro atoms. The summed E-state index contributed by atoms with van der Waals surface area (Å²) in [6.45, 7) is 4.22. The van der Waals surface area contributed by atoms with Crippen LogP contribution in [0.15, 0.2) is 10.5 Å². The summed E-state index contributed by atoms with van der Waals surface area (Å²) in [5.41, 5.74) is 2.51. The number of hydrazine groups is 1. The molecule has 1 unspecified atom stereocenters. The number of nitrogens with zero attached hydrogens (tertiary/aromatic N) is 2. The Morgan fingerprint density at radius 2 is 2.39 bits per heavy atom. The standard InChI is InChI=1S/C12H18N4O2/c1-8(4-5-13)16(3)7-10-6-11(9(2)18-10)12(17)15-14/h6,8H,4,7,14H2,1-3H3,(H,15,17). The van der Waals surface area contributed by atoms with Gasteiger partial charge in [0.15, 0.2) is 0 Å². The van der Waals surface area contributed by atoms with Gasteiger partial charge in [0.1, 0.15) is 11.5 Å². The number of furan rings is 1. The summed E-state index contributed by atoms with van der Waals surface area (Å²) in [5.74, 6) is 5.93. The van der Waals surface area contributed by atoms with Crippen molar-refractivity contribution in [3.05, 3.63) is 23.2 Å². The van der Waals surface area contributed by atoms with E-state index in [1.165, 1.54) is 0 Å². The Morgan fingerprint density at radius 1 is 1.72 bits per heavy atom. The molecule has 1 aromatic rings. The average molecular weight is 250 g/mol. The van der Waals surface area contributed by atoms with Crippen LogP contribution in [0.25, 0.3) is 0 Å². The minimum Gasteiger partial charge on any atom is -0.464 e. The summed E-state index contributed by atoms with van der Waals surface area (Å²) in [6.07, 6.45) is 0.451. The molecule has 1 heterocycles. The van der Waals surface area contributed by atoms with Crippen molar-refractivity contribution >= 4 is 5.91 Å². The van der Waals surface area contributed by atoms with Crippen LogP contribution in [0.5, 0.6) is 0 Å². The highest BCUT2D eigenvalue weighted by atomic mass is 16.3. The lowest BCUT2D eigenvalue weighted by Gasteiger charge is -2.20. The van der Waals surface area contributed by atoms with E-state index in [1.807, 2.05) is 18.9 Å². The Hall–Kier alpha value is -1.84. The molecule has 1 rings (SSSR count). The second-order valence-electron chi connectivity index (χ2n) is 4.28. The molecule has 0 aliphatic rings. The summed E-state index contributed by atoms with van der Waals surface area (Å²) in [7, 11) is 1.91. The number of aryl methyl sites for hydroxylation is 1. The van der Waals surface area contributed by atoms with Gasteiger partial charge in [-0.05, 0) is 27.0 Å². The zero-order valence-corrected chi connectivity index (χ0v) is 10.9. The van der Waals surface area contributed by atoms with Crippen LogP contribution in [0.4, 0.5) is 0 Å². The van der Waals surface area contributed by atoms with Crippen molar-refractivity contribution in [2.75, 3.05) is 7.05 Å². The third kappa shape index (κ3) is 3.32. The Labute approximate surface area is 106 Å². The van der Waals surface area contributed by atoms with Gasteiger partial charge in [-0.2, -0.15) is 5.26 Å². The molecule has 0 aliphatic carbocycles. The Balaban J connectivity index is 2.75. The molecule has 1 amide bonds. The minimum atomic E-state index is -0.366. The number of nitriles is 1. The molecule has 1 atom stereocenters. The molecule has 6 heteroatoms. The number of nitrogens with one attached hydrogen (secondary N) is 1. The molecule has 0 saturated carbocycles. The summed E-state index contributed by atoms with van der Waals surface area (Å²) < 4.78 is 5.50. The van der Waals surface area contributed by atoms with E-state index in [0.717, 1.165) is 0 Å². The predicted octanol–water partition coefficient (Wildman–Crippen LogP) is 0.926. The quantitative estimate of drug-likeness (QED) is 0.460. The average Bonchev–Trinajstić information content (AvgIpc) is 2.69. The maximum absolute atomic E-state index is 11.4. The first kappa shape index (κ1) is 14.2. The smallest absolute Gasteiger partial charge is 0.268 e. The molecule has 0 radical (unpaired) electrons. The lowest BCUT2D eigenvalue weighted by Crippen LogP contribution is -2.30. The lowest BCUT2D eigenvalue weighted by atomic mass is 10.2. The summed E-state index contributed by atoms with van der Waals surface area (Å²) in [5, 5.41) is 8.64. The first-order valence-corrected chi connectivity index (χ1v) is 5.67. The van der Waals surface area contributed by atoms with E-state index in [4.69, 9.17) is 15.5 Å². The SMILES string of the molecule is Cc1oc(CN(C)C(C)CC#N)cc1C(=O)NN. The van der Waals surface area contributed by atoms with Gasteiger partial charge in [0.25, 0.3) is 5.91 Å². The molecule has 98 valence electrons. The van der Waals surface area contributed by atoms with E-state index in [1.54, 1.807) is 13.0 Å². The highest BCUT2D eigenvalue weighted by Gasteiger charge is 2.16. The summed E-state index contributed by atoms with van der Waals surface area (Å²) in [6, 6.07) is 3.93. The van der Waals surface area contributed by atoms with Crippen molar-refractivity contribution in [3.8, 4) is 6.07 Å². The topological polar surface area (TPSA) is 95.3 Å². The minimum absolute atomic E-state index is 0.132. The van der Waals surface area contributed by atoms with Crippen molar-refractivity contribution in [3.63, 3.8) is 0 Å². The van der Waals surface area contributed by atoms with Crippen molar-refractivity contribution in [2.45, 2.75) is 32.9 Å². The highest BCUT2D eigenvalue weighted by Crippen LogP contribution is 2.17. The van der Waals surface area contributed by atoms with E-state index in [0.29, 0.717) is 30.0 Å². The van der Waals surface area contributed by atoms with Crippen LogP contribution in [0, 0.1) is 18.3 Å². The number of rotatable bonds is 5. The molecule has 0 aliphatic heterocycles. The van der Waals surface area contributed by atoms with Crippen molar-refractivity contribution in [2.24, 2.45) is 5.84 Å². The van der Waals surface area contributed by atoms with Gasteiger partial charge < -0.3 is 4.42 Å². The van der Waals surface area contributed by atoms with Crippen LogP contribution in [-0.4, -0.2) is 23.9 Å². The zero-order chi connectivity index (χ0) is 13.7. The van der Waals surface area contributed by atoms with Crippen LogP contribution in [0.1, 0.15) is 35.2 Å². The molecule has 6 nitrogen and oxygen atoms in total. The molecular weight excluding hydrogens is 232 g/mol. The van der Waals surface area contributed by atoms with Gasteiger partial charge in [-0.25, -0.2) is 5.84 Å². The fraction of sp³-hybridized carbons (Fsp3) is 0.500. The molecule has 0 saturated heterocycles. The molecule has 3 N–H and O–H groups in total. The normalized spacial score (nSPS) is 12.2. The number of nitrogen functional groups attached to an aromatic ring is 1. The van der Waals surface area contributed by atoms with Crippen molar-refractivity contribution < 1.29 is 9.21 Å². The highest BCUT2D eigenvalue weighted by molar-refractivity contribution is 5.94.